The molecule has 222 valence electrons. The summed E-state index contributed by atoms with van der Waals surface area (Å²) in [7, 11) is -0.859. The van der Waals surface area contributed by atoms with E-state index in [1.807, 2.05) is 6.07 Å². The van der Waals surface area contributed by atoms with Gasteiger partial charge in [0.05, 0.1) is 36.1 Å². The van der Waals surface area contributed by atoms with Crippen molar-refractivity contribution >= 4 is 27.6 Å². The van der Waals surface area contributed by atoms with Crippen LogP contribution in [-0.4, -0.2) is 60.4 Å². The Morgan fingerprint density at radius 3 is 2.57 bits per heavy atom. The van der Waals surface area contributed by atoms with Crippen molar-refractivity contribution in [1.29, 1.82) is 5.26 Å². The number of halogens is 3. The number of carbonyl (C=O) groups is 1. The van der Waals surface area contributed by atoms with Crippen LogP contribution >= 0.6 is 0 Å². The van der Waals surface area contributed by atoms with E-state index in [-0.39, 0.29) is 35.9 Å². The van der Waals surface area contributed by atoms with Crippen LogP contribution in [0.1, 0.15) is 41.6 Å². The van der Waals surface area contributed by atoms with E-state index in [1.54, 1.807) is 12.1 Å². The van der Waals surface area contributed by atoms with Crippen LogP contribution in [0, 0.1) is 11.3 Å². The molecule has 11 nitrogen and oxygen atoms in total. The standard InChI is InChI=1S/C27H27F3N6O5S/c1-16-22(24(37)41-3)23(21-11-10-17(15-31)13-18(21)7-6-12-34(2)42(4,39)40)36-25(32-33-26(36)38)35(16)20-9-5-8-19(14-20)27(28,29)30/h5,8-11,13-14,23H,6-7,12H2,1-4H3,(H,33,38). The summed E-state index contributed by atoms with van der Waals surface area (Å²) < 4.78 is 71.8. The molecular weight excluding hydrogens is 577 g/mol. The molecular formula is C27H27F3N6O5S. The van der Waals surface area contributed by atoms with Gasteiger partial charge in [0.15, 0.2) is 0 Å². The third kappa shape index (κ3) is 5.81. The van der Waals surface area contributed by atoms with Gasteiger partial charge in [-0.05, 0) is 61.2 Å². The van der Waals surface area contributed by atoms with Crippen molar-refractivity contribution in [3.63, 3.8) is 0 Å². The Morgan fingerprint density at radius 1 is 1.24 bits per heavy atom. The quantitative estimate of drug-likeness (QED) is 0.386. The molecule has 1 atom stereocenters. The van der Waals surface area contributed by atoms with E-state index in [0.29, 0.717) is 23.1 Å². The monoisotopic (exact) mass is 604 g/mol. The molecule has 0 saturated carbocycles. The summed E-state index contributed by atoms with van der Waals surface area (Å²) in [5, 5.41) is 15.9. The summed E-state index contributed by atoms with van der Waals surface area (Å²) in [6.07, 6.45) is -2.95. The number of nitrogens with zero attached hydrogens (tertiary/aromatic N) is 5. The summed E-state index contributed by atoms with van der Waals surface area (Å²) in [6.45, 7) is 1.67. The number of fused-ring (bicyclic) bond motifs is 1. The Labute approximate surface area is 239 Å². The van der Waals surface area contributed by atoms with E-state index in [9.17, 15) is 36.4 Å². The maximum Gasteiger partial charge on any atom is 0.416 e. The minimum absolute atomic E-state index is 0.00583. The van der Waals surface area contributed by atoms with Crippen LogP contribution in [0.5, 0.6) is 0 Å². The summed E-state index contributed by atoms with van der Waals surface area (Å²) in [6, 6.07) is 9.98. The number of ether oxygens (including phenoxy) is 1. The molecule has 0 aliphatic carbocycles. The highest BCUT2D eigenvalue weighted by molar-refractivity contribution is 7.88. The van der Waals surface area contributed by atoms with Crippen molar-refractivity contribution in [3.8, 4) is 6.07 Å². The molecule has 0 amide bonds. The first-order chi connectivity index (χ1) is 19.7. The van der Waals surface area contributed by atoms with Crippen LogP contribution in [-0.2, 0) is 32.2 Å². The highest BCUT2D eigenvalue weighted by Crippen LogP contribution is 2.43. The number of carbonyl (C=O) groups excluding carboxylic acids is 1. The van der Waals surface area contributed by atoms with Gasteiger partial charge in [-0.25, -0.2) is 32.0 Å². The van der Waals surface area contributed by atoms with Gasteiger partial charge in [-0.1, -0.05) is 12.1 Å². The minimum Gasteiger partial charge on any atom is -0.466 e. The summed E-state index contributed by atoms with van der Waals surface area (Å²) in [5.41, 5.74) is -0.251. The molecule has 0 saturated heterocycles. The van der Waals surface area contributed by atoms with Gasteiger partial charge in [-0.2, -0.15) is 18.4 Å². The Balaban J connectivity index is 1.92. The van der Waals surface area contributed by atoms with E-state index in [1.165, 1.54) is 41.4 Å². The Kier molecular flexibility index (Phi) is 8.33. The van der Waals surface area contributed by atoms with Crippen molar-refractivity contribution < 1.29 is 31.1 Å². The summed E-state index contributed by atoms with van der Waals surface area (Å²) in [4.78, 5) is 27.8. The molecule has 2 heterocycles. The maximum atomic E-state index is 13.6. The number of hydrogen-bond acceptors (Lipinski definition) is 8. The predicted octanol–water partition coefficient (Wildman–Crippen LogP) is 3.47. The van der Waals surface area contributed by atoms with Gasteiger partial charge in [0, 0.05) is 25.0 Å². The lowest BCUT2D eigenvalue weighted by molar-refractivity contribution is -0.138. The van der Waals surface area contributed by atoms with E-state index >= 15 is 0 Å². The van der Waals surface area contributed by atoms with Gasteiger partial charge in [-0.15, -0.1) is 5.10 Å². The number of benzene rings is 2. The number of aromatic amines is 1. The van der Waals surface area contributed by atoms with Crippen molar-refractivity contribution in [2.75, 3.05) is 31.9 Å². The number of aromatic nitrogens is 3. The molecule has 15 heteroatoms. The largest absolute Gasteiger partial charge is 0.466 e. The number of esters is 1. The number of nitriles is 1. The lowest BCUT2D eigenvalue weighted by Gasteiger charge is -2.36. The Bertz CT molecular complexity index is 1770. The molecule has 0 bridgehead atoms. The number of rotatable bonds is 8. The van der Waals surface area contributed by atoms with Crippen molar-refractivity contribution in [2.45, 2.75) is 32.0 Å². The molecule has 1 N–H and O–H groups in total. The number of allylic oxidation sites excluding steroid dienone is 1. The van der Waals surface area contributed by atoms with Gasteiger partial charge in [0.25, 0.3) is 0 Å². The van der Waals surface area contributed by atoms with E-state index in [2.05, 4.69) is 10.2 Å². The first kappa shape index (κ1) is 30.5. The number of sulfonamides is 1. The van der Waals surface area contributed by atoms with Crippen molar-refractivity contribution in [2.24, 2.45) is 0 Å². The van der Waals surface area contributed by atoms with Crippen LogP contribution in [0.25, 0.3) is 0 Å². The molecule has 0 fully saturated rings. The second-order valence-corrected chi connectivity index (χ2v) is 11.8. The number of aryl methyl sites for hydroxylation is 1. The van der Waals surface area contributed by atoms with Crippen LogP contribution in [0.15, 0.2) is 58.5 Å². The zero-order valence-corrected chi connectivity index (χ0v) is 23.9. The molecule has 1 aliphatic heterocycles. The summed E-state index contributed by atoms with van der Waals surface area (Å²) in [5.74, 6) is -0.901. The van der Waals surface area contributed by atoms with Gasteiger partial charge in [-0.3, -0.25) is 4.90 Å². The molecule has 0 spiro atoms. The molecule has 42 heavy (non-hydrogen) atoms. The Hall–Kier alpha value is -4.42. The van der Waals surface area contributed by atoms with Gasteiger partial charge >= 0.3 is 17.8 Å². The van der Waals surface area contributed by atoms with Gasteiger partial charge in [0.1, 0.15) is 6.04 Å². The average molecular weight is 605 g/mol. The first-order valence-corrected chi connectivity index (χ1v) is 14.4. The highest BCUT2D eigenvalue weighted by atomic mass is 32.2. The second kappa shape index (κ2) is 11.5. The fourth-order valence-corrected chi connectivity index (χ4v) is 5.36. The zero-order valence-electron chi connectivity index (χ0n) is 23.1. The van der Waals surface area contributed by atoms with E-state index in [4.69, 9.17) is 4.74 Å². The maximum absolute atomic E-state index is 13.6. The first-order valence-electron chi connectivity index (χ1n) is 12.6. The predicted molar refractivity (Wildman–Crippen MR) is 146 cm³/mol. The normalized spacial score (nSPS) is 15.5. The lowest BCUT2D eigenvalue weighted by atomic mass is 9.88. The Morgan fingerprint density at radius 2 is 1.95 bits per heavy atom. The van der Waals surface area contributed by atoms with Crippen LogP contribution in [0.3, 0.4) is 0 Å². The highest BCUT2D eigenvalue weighted by Gasteiger charge is 2.41. The number of H-pyrrole nitrogens is 1. The SMILES string of the molecule is COC(=O)C1=C(C)N(c2cccc(C(F)(F)F)c2)c2n[nH]c(=O)n2C1c1ccc(C#N)cc1CCCN(C)S(C)(=O)=O. The molecule has 2 aromatic carbocycles. The third-order valence-electron chi connectivity index (χ3n) is 7.03. The van der Waals surface area contributed by atoms with Crippen LogP contribution in [0.2, 0.25) is 0 Å². The lowest BCUT2D eigenvalue weighted by Crippen LogP contribution is -2.38. The number of anilines is 2. The summed E-state index contributed by atoms with van der Waals surface area (Å²) >= 11 is 0. The van der Waals surface area contributed by atoms with Crippen LogP contribution < -0.4 is 10.6 Å². The second-order valence-electron chi connectivity index (χ2n) is 9.69. The van der Waals surface area contributed by atoms with Gasteiger partial charge in [0.2, 0.25) is 16.0 Å². The smallest absolute Gasteiger partial charge is 0.416 e. The van der Waals surface area contributed by atoms with E-state index < -0.39 is 39.5 Å². The van der Waals surface area contributed by atoms with Crippen molar-refractivity contribution in [3.05, 3.63) is 86.5 Å². The number of nitrogens with one attached hydrogen (secondary N) is 1. The minimum atomic E-state index is -4.65. The van der Waals surface area contributed by atoms with Crippen LogP contribution in [0.4, 0.5) is 24.8 Å². The fraction of sp³-hybridized carbons (Fsp3) is 0.333. The number of hydrogen-bond donors (Lipinski definition) is 1. The molecule has 1 unspecified atom stereocenters. The zero-order chi connectivity index (χ0) is 31.0. The van der Waals surface area contributed by atoms with Crippen molar-refractivity contribution in [1.82, 2.24) is 19.1 Å². The average Bonchev–Trinajstić information content (AvgIpc) is 3.31. The molecule has 1 aliphatic rings. The molecule has 1 aromatic heterocycles. The molecule has 4 rings (SSSR count). The van der Waals surface area contributed by atoms with E-state index in [0.717, 1.165) is 30.1 Å². The topological polar surface area (TPSA) is 141 Å². The number of alkyl halides is 3. The molecule has 0 radical (unpaired) electrons. The fourth-order valence-electron chi connectivity index (χ4n) is 4.90. The van der Waals surface area contributed by atoms with Gasteiger partial charge < -0.3 is 4.74 Å². The third-order valence-corrected chi connectivity index (χ3v) is 8.35. The number of methoxy groups -OCH3 is 1. The molecule has 3 aromatic rings.